The zero-order valence-electron chi connectivity index (χ0n) is 12.3. The van der Waals surface area contributed by atoms with Crippen molar-refractivity contribution in [1.82, 2.24) is 0 Å². The first-order chi connectivity index (χ1) is 10.3. The Morgan fingerprint density at radius 3 is 2.00 bits per heavy atom. The van der Waals surface area contributed by atoms with Gasteiger partial charge in [-0.2, -0.15) is 12.6 Å². The maximum absolute atomic E-state index is 5.89. The topological polar surface area (TPSA) is 27.7 Å². The zero-order valence-corrected chi connectivity index (χ0v) is 13.2. The van der Waals surface area contributed by atoms with E-state index in [1.165, 1.54) is 5.56 Å². The van der Waals surface area contributed by atoms with Crippen molar-refractivity contribution in [1.29, 1.82) is 0 Å². The van der Waals surface area contributed by atoms with Gasteiger partial charge in [-0.15, -0.1) is 0 Å². The molecule has 0 amide bonds. The maximum Gasteiger partial charge on any atom is 0.126 e. The highest BCUT2D eigenvalue weighted by atomic mass is 32.1. The molecule has 0 spiro atoms. The van der Waals surface area contributed by atoms with Gasteiger partial charge in [0.15, 0.2) is 0 Å². The number of methoxy groups -OCH3 is 2. The first-order valence-corrected chi connectivity index (χ1v) is 7.41. The van der Waals surface area contributed by atoms with Crippen molar-refractivity contribution < 1.29 is 14.2 Å². The molecule has 0 saturated heterocycles. The fourth-order valence-corrected chi connectivity index (χ4v) is 2.36. The lowest BCUT2D eigenvalue weighted by atomic mass is 10.0. The summed E-state index contributed by atoms with van der Waals surface area (Å²) in [6, 6.07) is 15.8. The number of hydrogen-bond acceptors (Lipinski definition) is 4. The van der Waals surface area contributed by atoms with Crippen LogP contribution in [-0.4, -0.2) is 26.6 Å². The van der Waals surface area contributed by atoms with Crippen molar-refractivity contribution >= 4 is 12.6 Å². The molecule has 1 atom stereocenters. The maximum atomic E-state index is 5.89. The van der Waals surface area contributed by atoms with Crippen molar-refractivity contribution in [2.75, 3.05) is 26.6 Å². The largest absolute Gasteiger partial charge is 0.496 e. The summed E-state index contributed by atoms with van der Waals surface area (Å²) in [6.07, 6.45) is 0. The van der Waals surface area contributed by atoms with Crippen LogP contribution in [0.4, 0.5) is 0 Å². The summed E-state index contributed by atoms with van der Waals surface area (Å²) in [6.45, 7) is 0.559. The molecule has 0 radical (unpaired) electrons. The minimum absolute atomic E-state index is 0.242. The minimum Gasteiger partial charge on any atom is -0.496 e. The van der Waals surface area contributed by atoms with Crippen LogP contribution in [0.25, 0.3) is 0 Å². The summed E-state index contributed by atoms with van der Waals surface area (Å²) < 4.78 is 16.4. The third kappa shape index (κ3) is 4.33. The van der Waals surface area contributed by atoms with Gasteiger partial charge in [-0.05, 0) is 5.56 Å². The number of thiol groups is 1. The van der Waals surface area contributed by atoms with E-state index in [0.717, 1.165) is 11.5 Å². The molecule has 1 unspecified atom stereocenters. The number of rotatable bonds is 7. The molecule has 0 fully saturated rings. The smallest absolute Gasteiger partial charge is 0.126 e. The van der Waals surface area contributed by atoms with Crippen molar-refractivity contribution in [3.8, 4) is 17.2 Å². The summed E-state index contributed by atoms with van der Waals surface area (Å²) in [4.78, 5) is 0. The average molecular weight is 304 g/mol. The van der Waals surface area contributed by atoms with Crippen LogP contribution in [0.5, 0.6) is 17.2 Å². The molecule has 21 heavy (non-hydrogen) atoms. The Morgan fingerprint density at radius 1 is 0.905 bits per heavy atom. The van der Waals surface area contributed by atoms with Crippen LogP contribution in [0.2, 0.25) is 0 Å². The molecule has 0 aliphatic carbocycles. The van der Waals surface area contributed by atoms with Gasteiger partial charge in [-0.25, -0.2) is 0 Å². The van der Waals surface area contributed by atoms with Crippen molar-refractivity contribution in [3.05, 3.63) is 54.1 Å². The van der Waals surface area contributed by atoms with E-state index < -0.39 is 0 Å². The molecular formula is C17H20O3S. The molecule has 0 bridgehead atoms. The van der Waals surface area contributed by atoms with Gasteiger partial charge in [0.05, 0.1) is 20.8 Å². The van der Waals surface area contributed by atoms with Crippen LogP contribution in [0.3, 0.4) is 0 Å². The van der Waals surface area contributed by atoms with Gasteiger partial charge in [-0.3, -0.25) is 0 Å². The molecule has 4 heteroatoms. The summed E-state index contributed by atoms with van der Waals surface area (Å²) in [5.41, 5.74) is 1.22. The molecule has 0 aliphatic rings. The van der Waals surface area contributed by atoms with Crippen molar-refractivity contribution in [3.63, 3.8) is 0 Å². The van der Waals surface area contributed by atoms with Crippen LogP contribution in [0.15, 0.2) is 48.5 Å². The SMILES string of the molecule is COc1cc(OC)cc(OCC(CS)c2ccccc2)c1. The normalized spacial score (nSPS) is 11.8. The summed E-state index contributed by atoms with van der Waals surface area (Å²) in [5.74, 6) is 3.13. The zero-order chi connectivity index (χ0) is 15.1. The second kappa shape index (κ2) is 7.84. The molecule has 0 heterocycles. The number of benzene rings is 2. The van der Waals surface area contributed by atoms with E-state index in [0.29, 0.717) is 18.1 Å². The molecular weight excluding hydrogens is 284 g/mol. The van der Waals surface area contributed by atoms with E-state index in [-0.39, 0.29) is 5.92 Å². The van der Waals surface area contributed by atoms with E-state index >= 15 is 0 Å². The lowest BCUT2D eigenvalue weighted by Crippen LogP contribution is -2.12. The predicted octanol–water partition coefficient (Wildman–Crippen LogP) is 3.80. The third-order valence-electron chi connectivity index (χ3n) is 3.27. The number of ether oxygens (including phenoxy) is 3. The predicted molar refractivity (Wildman–Crippen MR) is 88.1 cm³/mol. The highest BCUT2D eigenvalue weighted by Gasteiger charge is 2.11. The first-order valence-electron chi connectivity index (χ1n) is 6.78. The fourth-order valence-electron chi connectivity index (χ4n) is 2.04. The van der Waals surface area contributed by atoms with Gasteiger partial charge in [0, 0.05) is 29.9 Å². The average Bonchev–Trinajstić information content (AvgIpc) is 2.56. The fraction of sp³-hybridized carbons (Fsp3) is 0.294. The highest BCUT2D eigenvalue weighted by Crippen LogP contribution is 2.28. The van der Waals surface area contributed by atoms with Crippen molar-refractivity contribution in [2.45, 2.75) is 5.92 Å². The van der Waals surface area contributed by atoms with Crippen LogP contribution in [0, 0.1) is 0 Å². The molecule has 0 aromatic heterocycles. The van der Waals surface area contributed by atoms with Crippen LogP contribution in [0.1, 0.15) is 11.5 Å². The molecule has 0 N–H and O–H groups in total. The van der Waals surface area contributed by atoms with E-state index in [1.54, 1.807) is 14.2 Å². The standard InChI is InChI=1S/C17H20O3S/c1-18-15-8-16(19-2)10-17(9-15)20-11-14(12-21)13-6-4-3-5-7-13/h3-10,14,21H,11-12H2,1-2H3. The summed E-state index contributed by atoms with van der Waals surface area (Å²) in [7, 11) is 3.25. The van der Waals surface area contributed by atoms with E-state index in [2.05, 4.69) is 24.8 Å². The van der Waals surface area contributed by atoms with Gasteiger partial charge >= 0.3 is 0 Å². The van der Waals surface area contributed by atoms with Crippen LogP contribution in [-0.2, 0) is 0 Å². The Kier molecular flexibility index (Phi) is 5.81. The molecule has 0 saturated carbocycles. The Bertz CT molecular complexity index is 535. The van der Waals surface area contributed by atoms with Crippen LogP contribution >= 0.6 is 12.6 Å². The Labute approximate surface area is 131 Å². The van der Waals surface area contributed by atoms with Gasteiger partial charge in [0.2, 0.25) is 0 Å². The molecule has 112 valence electrons. The van der Waals surface area contributed by atoms with Crippen molar-refractivity contribution in [2.24, 2.45) is 0 Å². The first kappa shape index (κ1) is 15.6. The minimum atomic E-state index is 0.242. The monoisotopic (exact) mass is 304 g/mol. The summed E-state index contributed by atoms with van der Waals surface area (Å²) >= 11 is 4.42. The molecule has 2 aromatic rings. The third-order valence-corrected chi connectivity index (χ3v) is 3.71. The van der Waals surface area contributed by atoms with Gasteiger partial charge in [-0.1, -0.05) is 30.3 Å². The lowest BCUT2D eigenvalue weighted by Gasteiger charge is -2.17. The Balaban J connectivity index is 2.07. The van der Waals surface area contributed by atoms with E-state index in [1.807, 2.05) is 36.4 Å². The van der Waals surface area contributed by atoms with E-state index in [9.17, 15) is 0 Å². The molecule has 2 rings (SSSR count). The molecule has 3 nitrogen and oxygen atoms in total. The van der Waals surface area contributed by atoms with E-state index in [4.69, 9.17) is 14.2 Å². The highest BCUT2D eigenvalue weighted by molar-refractivity contribution is 7.80. The molecule has 0 aliphatic heterocycles. The van der Waals surface area contributed by atoms with Gasteiger partial charge in [0.25, 0.3) is 0 Å². The quantitative estimate of drug-likeness (QED) is 0.789. The van der Waals surface area contributed by atoms with Crippen LogP contribution < -0.4 is 14.2 Å². The molecule has 2 aromatic carbocycles. The Hall–Kier alpha value is -1.81. The number of hydrogen-bond donors (Lipinski definition) is 1. The van der Waals surface area contributed by atoms with Gasteiger partial charge < -0.3 is 14.2 Å². The Morgan fingerprint density at radius 2 is 1.48 bits per heavy atom. The summed E-state index contributed by atoms with van der Waals surface area (Å²) in [5, 5.41) is 0. The lowest BCUT2D eigenvalue weighted by molar-refractivity contribution is 0.293. The van der Waals surface area contributed by atoms with Gasteiger partial charge in [0.1, 0.15) is 17.2 Å². The second-order valence-electron chi connectivity index (χ2n) is 4.65. The second-order valence-corrected chi connectivity index (χ2v) is 5.01.